The Labute approximate surface area is 388 Å². The third kappa shape index (κ3) is 34.9. The largest absolute Gasteiger partial charge is 0.462 e. The zero-order chi connectivity index (χ0) is 46.9. The molecule has 1 fully saturated rings. The molecule has 4 N–H and O–H groups in total. The number of hydrogen-bond acceptors (Lipinski definition) is 11. The van der Waals surface area contributed by atoms with Crippen molar-refractivity contribution >= 4 is 22.1 Å². The van der Waals surface area contributed by atoms with Gasteiger partial charge in [-0.2, -0.15) is 8.42 Å². The van der Waals surface area contributed by atoms with Crippen LogP contribution in [-0.2, 0) is 38.7 Å². The van der Waals surface area contributed by atoms with Gasteiger partial charge in [0.15, 0.2) is 12.4 Å². The molecule has 1 aliphatic heterocycles. The van der Waals surface area contributed by atoms with Crippen LogP contribution >= 0.6 is 0 Å². The van der Waals surface area contributed by atoms with E-state index in [0.29, 0.717) is 12.8 Å². The molecule has 6 atom stereocenters. The molecule has 1 rings (SSSR count). The van der Waals surface area contributed by atoms with Crippen LogP contribution in [0.2, 0.25) is 0 Å². The normalized spacial score (nSPS) is 20.0. The SMILES string of the molecule is CCCCC/C=C/C/C=C/CCCCCCCCCCCC(=O)OC[C@H](CO[C@H]1O[C@H](CS(=O)(=O)O)[C@@H](O)C(O)C1O)OC(=O)CCCCCCCCC/C=C/C/C=C/CCCCC. The van der Waals surface area contributed by atoms with Gasteiger partial charge < -0.3 is 34.3 Å². The Bertz CT molecular complexity index is 1360. The van der Waals surface area contributed by atoms with Crippen molar-refractivity contribution in [3.05, 3.63) is 48.6 Å². The van der Waals surface area contributed by atoms with Crippen LogP contribution in [0.3, 0.4) is 0 Å². The molecule has 0 bridgehead atoms. The standard InChI is InChI=1S/C51H90O12S/c1-3-5-7-9-11-13-15-17-19-21-22-24-25-27-29-31-33-35-37-39-46(52)60-41-44(42-61-51-50(56)49(55)48(54)45(63-51)43-64(57,58)59)62-47(53)40-38-36-34-32-30-28-26-23-20-18-16-14-12-10-8-6-4-2/h11-14,17-20,44-45,48-51,54-56H,3-10,15-16,21-43H2,1-2H3,(H,57,58,59)/b13-11+,14-12+,19-17+,20-18+/t44-,45-,48-,49?,50?,51+/m1/s1. The van der Waals surface area contributed by atoms with Crippen molar-refractivity contribution < 1.29 is 56.8 Å². The number of ether oxygens (including phenoxy) is 4. The predicted molar refractivity (Wildman–Crippen MR) is 256 cm³/mol. The summed E-state index contributed by atoms with van der Waals surface area (Å²) >= 11 is 0. The molecule has 0 saturated carbocycles. The smallest absolute Gasteiger partial charge is 0.306 e. The molecular formula is C51H90O12S. The number of carbonyl (C=O) groups excluding carboxylic acids is 2. The highest BCUT2D eigenvalue weighted by atomic mass is 32.2. The van der Waals surface area contributed by atoms with Crippen LogP contribution in [0.5, 0.6) is 0 Å². The van der Waals surface area contributed by atoms with Gasteiger partial charge in [0, 0.05) is 12.8 Å². The second-order valence-electron chi connectivity index (χ2n) is 17.5. The number of rotatable bonds is 42. The average molecular weight is 927 g/mol. The lowest BCUT2D eigenvalue weighted by atomic mass is 10.00. The highest BCUT2D eigenvalue weighted by Gasteiger charge is 2.46. The van der Waals surface area contributed by atoms with Gasteiger partial charge >= 0.3 is 11.9 Å². The number of allylic oxidation sites excluding steroid dienone is 8. The number of esters is 2. The fraction of sp³-hybridized carbons (Fsp3) is 0.804. The number of aliphatic hydroxyl groups excluding tert-OH is 3. The van der Waals surface area contributed by atoms with Gasteiger partial charge in [-0.1, -0.05) is 165 Å². The van der Waals surface area contributed by atoms with Gasteiger partial charge in [0.05, 0.1) is 6.61 Å². The lowest BCUT2D eigenvalue weighted by Gasteiger charge is -2.40. The summed E-state index contributed by atoms with van der Waals surface area (Å²) in [7, 11) is -4.61. The quantitative estimate of drug-likeness (QED) is 0.0197. The zero-order valence-electron chi connectivity index (χ0n) is 39.9. The van der Waals surface area contributed by atoms with Crippen molar-refractivity contribution in [3.8, 4) is 0 Å². The molecule has 13 heteroatoms. The van der Waals surface area contributed by atoms with Gasteiger partial charge in [0.2, 0.25) is 0 Å². The third-order valence-electron chi connectivity index (χ3n) is 11.4. The summed E-state index contributed by atoms with van der Waals surface area (Å²) in [6.07, 6.45) is 40.0. The fourth-order valence-corrected chi connectivity index (χ4v) is 8.13. The molecule has 1 saturated heterocycles. The Balaban J connectivity index is 2.39. The summed E-state index contributed by atoms with van der Waals surface area (Å²) in [5.41, 5.74) is 0. The Morgan fingerprint density at radius 1 is 0.531 bits per heavy atom. The molecule has 0 aromatic rings. The summed E-state index contributed by atoms with van der Waals surface area (Å²) in [4.78, 5) is 25.5. The Morgan fingerprint density at radius 2 is 0.938 bits per heavy atom. The monoisotopic (exact) mass is 927 g/mol. The summed E-state index contributed by atoms with van der Waals surface area (Å²) in [6, 6.07) is 0. The summed E-state index contributed by atoms with van der Waals surface area (Å²) in [5, 5.41) is 31.0. The first kappa shape index (κ1) is 59.6. The first-order valence-electron chi connectivity index (χ1n) is 25.2. The Kier molecular flexibility index (Phi) is 38.1. The van der Waals surface area contributed by atoms with E-state index in [1.165, 1.54) is 89.9 Å². The lowest BCUT2D eigenvalue weighted by Crippen LogP contribution is -2.60. The fourth-order valence-electron chi connectivity index (χ4n) is 7.44. The van der Waals surface area contributed by atoms with Gasteiger partial charge in [-0.15, -0.1) is 0 Å². The van der Waals surface area contributed by atoms with Crippen molar-refractivity contribution in [1.29, 1.82) is 0 Å². The first-order valence-corrected chi connectivity index (χ1v) is 26.8. The molecule has 0 aromatic carbocycles. The lowest BCUT2D eigenvalue weighted by molar-refractivity contribution is -0.297. The highest BCUT2D eigenvalue weighted by molar-refractivity contribution is 7.85. The Hall–Kier alpha value is -2.39. The number of unbranched alkanes of at least 4 members (excludes halogenated alkanes) is 22. The molecule has 0 spiro atoms. The average Bonchev–Trinajstić information content (AvgIpc) is 3.26. The van der Waals surface area contributed by atoms with E-state index >= 15 is 0 Å². The maximum atomic E-state index is 12.9. The van der Waals surface area contributed by atoms with Crippen LogP contribution < -0.4 is 0 Å². The third-order valence-corrected chi connectivity index (χ3v) is 12.1. The number of carbonyl (C=O) groups is 2. The first-order chi connectivity index (χ1) is 31.0. The van der Waals surface area contributed by atoms with E-state index in [4.69, 9.17) is 18.9 Å². The molecule has 0 radical (unpaired) electrons. The predicted octanol–water partition coefficient (Wildman–Crippen LogP) is 11.1. The molecule has 1 heterocycles. The molecule has 64 heavy (non-hydrogen) atoms. The van der Waals surface area contributed by atoms with Gasteiger partial charge in [-0.25, -0.2) is 0 Å². The van der Waals surface area contributed by atoms with Gasteiger partial charge in [0.1, 0.15) is 36.8 Å². The number of aliphatic hydroxyl groups is 3. The number of hydrogen-bond donors (Lipinski definition) is 4. The van der Waals surface area contributed by atoms with Crippen LogP contribution in [0.1, 0.15) is 206 Å². The zero-order valence-corrected chi connectivity index (χ0v) is 40.7. The van der Waals surface area contributed by atoms with E-state index in [9.17, 15) is 37.9 Å². The summed E-state index contributed by atoms with van der Waals surface area (Å²) in [6.45, 7) is 3.72. The van der Waals surface area contributed by atoms with Crippen molar-refractivity contribution in [3.63, 3.8) is 0 Å². The van der Waals surface area contributed by atoms with Crippen molar-refractivity contribution in [2.45, 2.75) is 243 Å². The minimum Gasteiger partial charge on any atom is -0.462 e. The summed E-state index contributed by atoms with van der Waals surface area (Å²) in [5.74, 6) is -2.00. The molecular weight excluding hydrogens is 837 g/mol. The second kappa shape index (κ2) is 40.8. The van der Waals surface area contributed by atoms with E-state index in [1.54, 1.807) is 0 Å². The van der Waals surface area contributed by atoms with Crippen LogP contribution in [0.4, 0.5) is 0 Å². The van der Waals surface area contributed by atoms with Gasteiger partial charge in [-0.05, 0) is 77.0 Å². The van der Waals surface area contributed by atoms with Crippen molar-refractivity contribution in [2.24, 2.45) is 0 Å². The van der Waals surface area contributed by atoms with E-state index in [-0.39, 0.29) is 19.4 Å². The maximum absolute atomic E-state index is 12.9. The Morgan fingerprint density at radius 3 is 1.38 bits per heavy atom. The van der Waals surface area contributed by atoms with Crippen LogP contribution in [0, 0.1) is 0 Å². The minimum atomic E-state index is -4.61. The molecule has 0 aromatic heterocycles. The van der Waals surface area contributed by atoms with Crippen LogP contribution in [0.15, 0.2) is 48.6 Å². The van der Waals surface area contributed by atoms with E-state index < -0.39 is 71.2 Å². The van der Waals surface area contributed by atoms with Gasteiger partial charge in [-0.3, -0.25) is 14.1 Å². The maximum Gasteiger partial charge on any atom is 0.306 e. The highest BCUT2D eigenvalue weighted by Crippen LogP contribution is 2.24. The van der Waals surface area contributed by atoms with E-state index in [1.807, 2.05) is 0 Å². The molecule has 372 valence electrons. The van der Waals surface area contributed by atoms with E-state index in [0.717, 1.165) is 77.0 Å². The summed E-state index contributed by atoms with van der Waals surface area (Å²) < 4.78 is 54.2. The van der Waals surface area contributed by atoms with Crippen molar-refractivity contribution in [2.75, 3.05) is 19.0 Å². The molecule has 12 nitrogen and oxygen atoms in total. The molecule has 1 aliphatic rings. The van der Waals surface area contributed by atoms with E-state index in [2.05, 4.69) is 62.5 Å². The van der Waals surface area contributed by atoms with Crippen LogP contribution in [0.25, 0.3) is 0 Å². The van der Waals surface area contributed by atoms with Crippen molar-refractivity contribution in [1.82, 2.24) is 0 Å². The van der Waals surface area contributed by atoms with Gasteiger partial charge in [0.25, 0.3) is 10.1 Å². The van der Waals surface area contributed by atoms with Crippen LogP contribution in [-0.4, -0.2) is 96.0 Å². The molecule has 0 aliphatic carbocycles. The second-order valence-corrected chi connectivity index (χ2v) is 19.0. The topological polar surface area (TPSA) is 186 Å². The molecule has 2 unspecified atom stereocenters. The molecule has 0 amide bonds. The minimum absolute atomic E-state index is 0.154.